The Bertz CT molecular complexity index is 444. The Kier molecular flexibility index (Phi) is 4.31. The van der Waals surface area contributed by atoms with Gasteiger partial charge in [0.1, 0.15) is 12.7 Å². The number of ether oxygens (including phenoxy) is 1. The lowest BCUT2D eigenvalue weighted by molar-refractivity contribution is 0.00695. The van der Waals surface area contributed by atoms with E-state index < -0.39 is 5.60 Å². The minimum Gasteiger partial charge on any atom is -0.456 e. The van der Waals surface area contributed by atoms with Gasteiger partial charge < -0.3 is 15.3 Å². The SMILES string of the molecule is CON=C(N)c1ccc(C(=O)OC(C)(C)C)cc1. The highest BCUT2D eigenvalue weighted by Gasteiger charge is 2.17. The highest BCUT2D eigenvalue weighted by atomic mass is 16.6. The fourth-order valence-electron chi connectivity index (χ4n) is 1.27. The largest absolute Gasteiger partial charge is 0.456 e. The molecule has 5 nitrogen and oxygen atoms in total. The van der Waals surface area contributed by atoms with E-state index in [1.807, 2.05) is 20.8 Å². The summed E-state index contributed by atoms with van der Waals surface area (Å²) in [5, 5.41) is 3.61. The number of hydrogen-bond acceptors (Lipinski definition) is 4. The minimum atomic E-state index is -0.508. The fraction of sp³-hybridized carbons (Fsp3) is 0.385. The molecular formula is C13H18N2O3. The summed E-state index contributed by atoms with van der Waals surface area (Å²) in [4.78, 5) is 16.3. The Hall–Kier alpha value is -2.04. The molecule has 1 aromatic carbocycles. The van der Waals surface area contributed by atoms with Crippen molar-refractivity contribution in [3.8, 4) is 0 Å². The van der Waals surface area contributed by atoms with Crippen LogP contribution in [-0.2, 0) is 9.57 Å². The Balaban J connectivity index is 2.83. The molecule has 0 spiro atoms. The van der Waals surface area contributed by atoms with Gasteiger partial charge in [0, 0.05) is 5.56 Å². The maximum atomic E-state index is 11.8. The molecule has 0 aromatic heterocycles. The monoisotopic (exact) mass is 250 g/mol. The molecule has 0 unspecified atom stereocenters. The van der Waals surface area contributed by atoms with Crippen molar-refractivity contribution in [1.82, 2.24) is 0 Å². The normalized spacial score (nSPS) is 12.1. The highest BCUT2D eigenvalue weighted by Crippen LogP contribution is 2.12. The molecule has 0 amide bonds. The van der Waals surface area contributed by atoms with E-state index in [0.717, 1.165) is 0 Å². The third-order valence-corrected chi connectivity index (χ3v) is 2.00. The Morgan fingerprint density at radius 1 is 1.17 bits per heavy atom. The molecular weight excluding hydrogens is 232 g/mol. The summed E-state index contributed by atoms with van der Waals surface area (Å²) in [7, 11) is 1.42. The average Bonchev–Trinajstić information content (AvgIpc) is 2.27. The van der Waals surface area contributed by atoms with E-state index in [0.29, 0.717) is 11.1 Å². The molecule has 0 bridgehead atoms. The van der Waals surface area contributed by atoms with Gasteiger partial charge in [-0.3, -0.25) is 0 Å². The van der Waals surface area contributed by atoms with Crippen molar-refractivity contribution >= 4 is 11.8 Å². The molecule has 2 N–H and O–H groups in total. The Morgan fingerprint density at radius 2 is 1.67 bits per heavy atom. The van der Waals surface area contributed by atoms with E-state index >= 15 is 0 Å². The highest BCUT2D eigenvalue weighted by molar-refractivity contribution is 5.98. The van der Waals surface area contributed by atoms with Crippen molar-refractivity contribution in [3.63, 3.8) is 0 Å². The number of hydrogen-bond donors (Lipinski definition) is 1. The van der Waals surface area contributed by atoms with Gasteiger partial charge in [-0.1, -0.05) is 17.3 Å². The number of nitrogens with zero attached hydrogens (tertiary/aromatic N) is 1. The molecule has 98 valence electrons. The van der Waals surface area contributed by atoms with E-state index in [1.54, 1.807) is 24.3 Å². The van der Waals surface area contributed by atoms with Crippen LogP contribution < -0.4 is 5.73 Å². The van der Waals surface area contributed by atoms with Gasteiger partial charge in [-0.2, -0.15) is 0 Å². The van der Waals surface area contributed by atoms with Crippen LogP contribution in [0, 0.1) is 0 Å². The number of amidine groups is 1. The third-order valence-electron chi connectivity index (χ3n) is 2.00. The lowest BCUT2D eigenvalue weighted by atomic mass is 10.1. The van der Waals surface area contributed by atoms with Gasteiger partial charge in [0.05, 0.1) is 5.56 Å². The second-order valence-electron chi connectivity index (χ2n) is 4.74. The number of nitrogens with two attached hydrogens (primary N) is 1. The third kappa shape index (κ3) is 4.08. The van der Waals surface area contributed by atoms with Gasteiger partial charge in [-0.15, -0.1) is 0 Å². The van der Waals surface area contributed by atoms with Crippen LogP contribution in [0.15, 0.2) is 29.4 Å². The van der Waals surface area contributed by atoms with Crippen LogP contribution in [0.5, 0.6) is 0 Å². The maximum absolute atomic E-state index is 11.8. The molecule has 0 fully saturated rings. The van der Waals surface area contributed by atoms with E-state index in [1.165, 1.54) is 7.11 Å². The lowest BCUT2D eigenvalue weighted by Crippen LogP contribution is -2.24. The van der Waals surface area contributed by atoms with Crippen molar-refractivity contribution in [1.29, 1.82) is 0 Å². The molecule has 0 aliphatic carbocycles. The van der Waals surface area contributed by atoms with Crippen molar-refractivity contribution in [3.05, 3.63) is 35.4 Å². The molecule has 0 saturated heterocycles. The predicted molar refractivity (Wildman–Crippen MR) is 69.3 cm³/mol. The van der Waals surface area contributed by atoms with Crippen molar-refractivity contribution in [2.45, 2.75) is 26.4 Å². The number of carbonyl (C=O) groups is 1. The quantitative estimate of drug-likeness (QED) is 0.385. The minimum absolute atomic E-state index is 0.258. The molecule has 0 atom stereocenters. The van der Waals surface area contributed by atoms with Gasteiger partial charge in [0.15, 0.2) is 5.84 Å². The van der Waals surface area contributed by atoms with Crippen molar-refractivity contribution < 1.29 is 14.4 Å². The first-order valence-corrected chi connectivity index (χ1v) is 5.54. The predicted octanol–water partition coefficient (Wildman–Crippen LogP) is 1.91. The summed E-state index contributed by atoms with van der Waals surface area (Å²) in [6.07, 6.45) is 0. The summed E-state index contributed by atoms with van der Waals surface area (Å²) in [6.45, 7) is 5.47. The molecule has 0 saturated carbocycles. The van der Waals surface area contributed by atoms with Crippen LogP contribution in [0.25, 0.3) is 0 Å². The van der Waals surface area contributed by atoms with Crippen LogP contribution >= 0.6 is 0 Å². The van der Waals surface area contributed by atoms with Crippen LogP contribution in [0.3, 0.4) is 0 Å². The number of benzene rings is 1. The van der Waals surface area contributed by atoms with Gasteiger partial charge in [-0.05, 0) is 32.9 Å². The summed E-state index contributed by atoms with van der Waals surface area (Å²) in [5.74, 6) is -0.107. The zero-order chi connectivity index (χ0) is 13.8. The Labute approximate surface area is 107 Å². The maximum Gasteiger partial charge on any atom is 0.338 e. The average molecular weight is 250 g/mol. The first-order valence-electron chi connectivity index (χ1n) is 5.54. The molecule has 0 aliphatic heterocycles. The topological polar surface area (TPSA) is 73.9 Å². The molecule has 0 aliphatic rings. The lowest BCUT2D eigenvalue weighted by Gasteiger charge is -2.19. The zero-order valence-corrected chi connectivity index (χ0v) is 11.1. The van der Waals surface area contributed by atoms with Crippen LogP contribution in [0.1, 0.15) is 36.7 Å². The van der Waals surface area contributed by atoms with Crippen LogP contribution in [-0.4, -0.2) is 24.5 Å². The summed E-state index contributed by atoms with van der Waals surface area (Å²) in [5.41, 5.74) is 6.29. The zero-order valence-electron chi connectivity index (χ0n) is 11.1. The molecule has 18 heavy (non-hydrogen) atoms. The summed E-state index contributed by atoms with van der Waals surface area (Å²) in [6, 6.07) is 6.66. The second-order valence-corrected chi connectivity index (χ2v) is 4.74. The van der Waals surface area contributed by atoms with Gasteiger partial charge >= 0.3 is 5.97 Å². The van der Waals surface area contributed by atoms with Gasteiger partial charge in [0.25, 0.3) is 0 Å². The van der Waals surface area contributed by atoms with Gasteiger partial charge in [0.2, 0.25) is 0 Å². The number of carbonyl (C=O) groups excluding carboxylic acids is 1. The molecule has 0 radical (unpaired) electrons. The first-order chi connectivity index (χ1) is 8.33. The molecule has 0 heterocycles. The number of rotatable bonds is 3. The Morgan fingerprint density at radius 3 is 2.11 bits per heavy atom. The van der Waals surface area contributed by atoms with E-state index in [9.17, 15) is 4.79 Å². The number of esters is 1. The second kappa shape index (κ2) is 5.53. The summed E-state index contributed by atoms with van der Waals surface area (Å²) < 4.78 is 5.25. The van der Waals surface area contributed by atoms with E-state index in [2.05, 4.69) is 9.99 Å². The van der Waals surface area contributed by atoms with Crippen molar-refractivity contribution in [2.24, 2.45) is 10.9 Å². The van der Waals surface area contributed by atoms with E-state index in [-0.39, 0.29) is 11.8 Å². The van der Waals surface area contributed by atoms with Crippen LogP contribution in [0.4, 0.5) is 0 Å². The van der Waals surface area contributed by atoms with Crippen molar-refractivity contribution in [2.75, 3.05) is 7.11 Å². The fourth-order valence-corrected chi connectivity index (χ4v) is 1.27. The molecule has 1 aromatic rings. The van der Waals surface area contributed by atoms with Crippen LogP contribution in [0.2, 0.25) is 0 Å². The standard InChI is InChI=1S/C13H18N2O3/c1-13(2,3)18-12(16)10-7-5-9(6-8-10)11(14)15-17-4/h5-8H,1-4H3,(H2,14,15). The smallest absolute Gasteiger partial charge is 0.338 e. The molecule has 5 heteroatoms. The van der Waals surface area contributed by atoms with Gasteiger partial charge in [-0.25, -0.2) is 4.79 Å². The molecule has 1 rings (SSSR count). The first kappa shape index (κ1) is 14.0. The summed E-state index contributed by atoms with van der Waals surface area (Å²) >= 11 is 0. The van der Waals surface area contributed by atoms with E-state index in [4.69, 9.17) is 10.5 Å². The number of oxime groups is 1.